The predicted molar refractivity (Wildman–Crippen MR) is 114 cm³/mol. The molecule has 1 atom stereocenters. The molecule has 0 aliphatic carbocycles. The van der Waals surface area contributed by atoms with Gasteiger partial charge < -0.3 is 20.5 Å². The minimum atomic E-state index is -4.82. The van der Waals surface area contributed by atoms with Crippen molar-refractivity contribution in [2.24, 2.45) is 0 Å². The normalized spacial score (nSPS) is 12.4. The van der Waals surface area contributed by atoms with Crippen molar-refractivity contribution in [3.05, 3.63) is 58.6 Å². The fourth-order valence-electron chi connectivity index (χ4n) is 2.58. The van der Waals surface area contributed by atoms with Gasteiger partial charge in [0, 0.05) is 17.7 Å². The van der Waals surface area contributed by atoms with Crippen molar-refractivity contribution in [2.45, 2.75) is 19.3 Å². The molecular formula is C20H17Cl2F3N4O2. The van der Waals surface area contributed by atoms with E-state index in [2.05, 4.69) is 25.3 Å². The van der Waals surface area contributed by atoms with Crippen LogP contribution in [0.3, 0.4) is 0 Å². The number of alkyl halides is 3. The molecule has 0 saturated carbocycles. The number of hydrogen-bond donors (Lipinski definition) is 3. The smallest absolute Gasteiger partial charge is 0.406 e. The Hall–Kier alpha value is -2.75. The highest BCUT2D eigenvalue weighted by atomic mass is 35.5. The maximum atomic E-state index is 12.6. The number of aliphatic hydroxyl groups is 1. The first-order valence-electron chi connectivity index (χ1n) is 8.98. The van der Waals surface area contributed by atoms with Crippen molar-refractivity contribution < 1.29 is 23.0 Å². The largest absolute Gasteiger partial charge is 0.573 e. The van der Waals surface area contributed by atoms with E-state index in [1.807, 2.05) is 0 Å². The topological polar surface area (TPSA) is 79.3 Å². The Morgan fingerprint density at radius 1 is 1.10 bits per heavy atom. The molecule has 0 amide bonds. The molecule has 1 heterocycles. The molecular weight excluding hydrogens is 456 g/mol. The third-order valence-electron chi connectivity index (χ3n) is 3.95. The summed E-state index contributed by atoms with van der Waals surface area (Å²) in [6.07, 6.45) is -4.82. The summed E-state index contributed by atoms with van der Waals surface area (Å²) >= 11 is 12.3. The van der Waals surface area contributed by atoms with E-state index in [0.717, 1.165) is 0 Å². The van der Waals surface area contributed by atoms with E-state index in [-0.39, 0.29) is 29.4 Å². The van der Waals surface area contributed by atoms with E-state index < -0.39 is 6.36 Å². The van der Waals surface area contributed by atoms with Gasteiger partial charge in [0.25, 0.3) is 0 Å². The molecule has 0 aliphatic rings. The first-order valence-corrected chi connectivity index (χ1v) is 9.74. The van der Waals surface area contributed by atoms with Gasteiger partial charge in [-0.05, 0) is 31.2 Å². The zero-order valence-electron chi connectivity index (χ0n) is 16.0. The van der Waals surface area contributed by atoms with E-state index in [9.17, 15) is 18.3 Å². The summed E-state index contributed by atoms with van der Waals surface area (Å²) in [4.78, 5) is 8.68. The van der Waals surface area contributed by atoms with Crippen LogP contribution in [0.5, 0.6) is 5.75 Å². The third-order valence-corrected chi connectivity index (χ3v) is 4.77. The summed E-state index contributed by atoms with van der Waals surface area (Å²) in [5.41, 5.74) is 1.16. The van der Waals surface area contributed by atoms with Crippen LogP contribution in [0.15, 0.2) is 48.5 Å². The highest BCUT2D eigenvalue weighted by molar-refractivity contribution is 6.43. The minimum Gasteiger partial charge on any atom is -0.406 e. The Bertz CT molecular complexity index is 1070. The van der Waals surface area contributed by atoms with Gasteiger partial charge in [0.05, 0.1) is 28.0 Å². The highest BCUT2D eigenvalue weighted by Gasteiger charge is 2.31. The molecule has 0 spiro atoms. The van der Waals surface area contributed by atoms with Crippen molar-refractivity contribution in [1.82, 2.24) is 9.97 Å². The van der Waals surface area contributed by atoms with Crippen LogP contribution in [0.25, 0.3) is 11.3 Å². The van der Waals surface area contributed by atoms with Crippen molar-refractivity contribution in [3.63, 3.8) is 0 Å². The van der Waals surface area contributed by atoms with Crippen LogP contribution in [0.2, 0.25) is 10.0 Å². The van der Waals surface area contributed by atoms with Gasteiger partial charge >= 0.3 is 6.36 Å². The molecule has 0 unspecified atom stereocenters. The summed E-state index contributed by atoms with van der Waals surface area (Å²) in [6.45, 7) is 1.54. The lowest BCUT2D eigenvalue weighted by atomic mass is 10.1. The number of ether oxygens (including phenoxy) is 1. The number of rotatable bonds is 7. The maximum absolute atomic E-state index is 12.6. The number of nitrogens with one attached hydrogen (secondary N) is 2. The van der Waals surface area contributed by atoms with Crippen LogP contribution in [0, 0.1) is 0 Å². The number of halogens is 5. The maximum Gasteiger partial charge on any atom is 0.573 e. The fourth-order valence-corrected chi connectivity index (χ4v) is 2.93. The number of aromatic nitrogens is 2. The molecule has 2 aromatic carbocycles. The standard InChI is InChI=1S/C20H17Cl2F3N4O2/c1-11(10-30)26-19-28-16(12-4-2-5-13(8-12)31-20(23,24)25)9-17(29-19)27-15-7-3-6-14(21)18(15)22/h2-9,11,30H,10H2,1H3,(H2,26,27,28,29)/t11-/m0/s1. The van der Waals surface area contributed by atoms with Crippen molar-refractivity contribution in [1.29, 1.82) is 0 Å². The lowest BCUT2D eigenvalue weighted by Gasteiger charge is -2.15. The van der Waals surface area contributed by atoms with E-state index in [0.29, 0.717) is 27.8 Å². The predicted octanol–water partition coefficient (Wildman–Crippen LogP) is 5.89. The Kier molecular flexibility index (Phi) is 7.09. The van der Waals surface area contributed by atoms with Crippen LogP contribution >= 0.6 is 23.2 Å². The fraction of sp³-hybridized carbons (Fsp3) is 0.200. The SMILES string of the molecule is C[C@@H](CO)Nc1nc(Nc2cccc(Cl)c2Cl)cc(-c2cccc(OC(F)(F)F)c2)n1. The minimum absolute atomic E-state index is 0.154. The lowest BCUT2D eigenvalue weighted by molar-refractivity contribution is -0.274. The van der Waals surface area contributed by atoms with Crippen molar-refractivity contribution in [3.8, 4) is 17.0 Å². The van der Waals surface area contributed by atoms with Crippen molar-refractivity contribution >= 4 is 40.7 Å². The average Bonchev–Trinajstić information content (AvgIpc) is 2.70. The lowest BCUT2D eigenvalue weighted by Crippen LogP contribution is -2.21. The van der Waals surface area contributed by atoms with Gasteiger partial charge in [0.2, 0.25) is 5.95 Å². The molecule has 0 aliphatic heterocycles. The molecule has 3 N–H and O–H groups in total. The Morgan fingerprint density at radius 3 is 2.55 bits per heavy atom. The van der Waals surface area contributed by atoms with Gasteiger partial charge in [0.1, 0.15) is 11.6 Å². The molecule has 1 aromatic heterocycles. The van der Waals surface area contributed by atoms with Gasteiger partial charge in [-0.1, -0.05) is 41.4 Å². The third kappa shape index (κ3) is 6.36. The molecule has 11 heteroatoms. The quantitative estimate of drug-likeness (QED) is 0.398. The van der Waals surface area contributed by atoms with Crippen LogP contribution in [-0.4, -0.2) is 34.1 Å². The zero-order chi connectivity index (χ0) is 22.6. The van der Waals surface area contributed by atoms with E-state index in [1.165, 1.54) is 18.2 Å². The summed E-state index contributed by atoms with van der Waals surface area (Å²) < 4.78 is 41.7. The molecule has 0 radical (unpaired) electrons. The monoisotopic (exact) mass is 472 g/mol. The second-order valence-corrected chi connectivity index (χ2v) is 7.28. The first-order chi connectivity index (χ1) is 14.6. The van der Waals surface area contributed by atoms with E-state index >= 15 is 0 Å². The number of anilines is 3. The summed E-state index contributed by atoms with van der Waals surface area (Å²) in [6, 6.07) is 11.6. The van der Waals surface area contributed by atoms with Gasteiger partial charge in [-0.25, -0.2) is 4.98 Å². The van der Waals surface area contributed by atoms with Gasteiger partial charge in [-0.2, -0.15) is 4.98 Å². The number of benzene rings is 2. The summed E-state index contributed by atoms with van der Waals surface area (Å²) in [5.74, 6) is 0.0834. The van der Waals surface area contributed by atoms with Crippen LogP contribution in [0.1, 0.15) is 6.92 Å². The van der Waals surface area contributed by atoms with Crippen molar-refractivity contribution in [2.75, 3.05) is 17.2 Å². The zero-order valence-corrected chi connectivity index (χ0v) is 17.6. The van der Waals surface area contributed by atoms with Gasteiger partial charge in [-0.15, -0.1) is 13.2 Å². The van der Waals surface area contributed by atoms with Crippen LogP contribution in [-0.2, 0) is 0 Å². The molecule has 164 valence electrons. The molecule has 31 heavy (non-hydrogen) atoms. The Labute approximate surface area is 186 Å². The van der Waals surface area contributed by atoms with Crippen LogP contribution < -0.4 is 15.4 Å². The Balaban J connectivity index is 2.01. The summed E-state index contributed by atoms with van der Waals surface area (Å²) in [7, 11) is 0. The number of aliphatic hydroxyl groups excluding tert-OH is 1. The molecule has 0 bridgehead atoms. The van der Waals surface area contributed by atoms with E-state index in [4.69, 9.17) is 23.2 Å². The molecule has 3 aromatic rings. The van der Waals surface area contributed by atoms with Gasteiger partial charge in [-0.3, -0.25) is 0 Å². The number of nitrogens with zero attached hydrogens (tertiary/aromatic N) is 2. The molecule has 6 nitrogen and oxygen atoms in total. The first kappa shape index (κ1) is 22.9. The van der Waals surface area contributed by atoms with Crippen LogP contribution in [0.4, 0.5) is 30.6 Å². The highest BCUT2D eigenvalue weighted by Crippen LogP contribution is 2.33. The summed E-state index contributed by atoms with van der Waals surface area (Å²) in [5, 5.41) is 15.9. The molecule has 0 saturated heterocycles. The van der Waals surface area contributed by atoms with E-state index in [1.54, 1.807) is 37.3 Å². The second kappa shape index (κ2) is 9.59. The van der Waals surface area contributed by atoms with Gasteiger partial charge in [0.15, 0.2) is 0 Å². The average molecular weight is 473 g/mol. The molecule has 3 rings (SSSR count). The second-order valence-electron chi connectivity index (χ2n) is 6.49. The number of hydrogen-bond acceptors (Lipinski definition) is 6. The Morgan fingerprint density at radius 2 is 1.84 bits per heavy atom. The molecule has 0 fully saturated rings.